The molecule has 1 rings (SSSR count). The summed E-state index contributed by atoms with van der Waals surface area (Å²) in [6, 6.07) is 1.80. The van der Waals surface area contributed by atoms with Gasteiger partial charge in [0, 0.05) is 13.1 Å². The third-order valence-corrected chi connectivity index (χ3v) is 4.68. The van der Waals surface area contributed by atoms with Crippen molar-refractivity contribution in [1.82, 2.24) is 4.31 Å². The Balaban J connectivity index is 3.32. The highest BCUT2D eigenvalue weighted by Crippen LogP contribution is 2.28. The van der Waals surface area contributed by atoms with Crippen molar-refractivity contribution in [2.45, 2.75) is 4.90 Å². The van der Waals surface area contributed by atoms with Gasteiger partial charge in [0.05, 0.1) is 17.3 Å². The SMILES string of the molecule is C=CCN(CCO)S(=O)(=O)c1cc(N)c(F)cc1Cl. The molecule has 1 aromatic rings. The molecular formula is C11H14ClFN2O3S. The van der Waals surface area contributed by atoms with Gasteiger partial charge < -0.3 is 10.8 Å². The molecular weight excluding hydrogens is 295 g/mol. The largest absolute Gasteiger partial charge is 0.396 e. The Hall–Kier alpha value is -1.15. The second kappa shape index (κ2) is 6.33. The first-order valence-electron chi connectivity index (χ1n) is 5.31. The summed E-state index contributed by atoms with van der Waals surface area (Å²) in [5.74, 6) is -0.790. The van der Waals surface area contributed by atoms with Crippen LogP contribution in [0.5, 0.6) is 0 Å². The fourth-order valence-corrected chi connectivity index (χ4v) is 3.37. The van der Waals surface area contributed by atoms with Crippen LogP contribution >= 0.6 is 11.6 Å². The van der Waals surface area contributed by atoms with Gasteiger partial charge in [-0.25, -0.2) is 12.8 Å². The molecule has 1 aromatic carbocycles. The number of aliphatic hydroxyl groups is 1. The van der Waals surface area contributed by atoms with E-state index in [1.165, 1.54) is 6.08 Å². The highest BCUT2D eigenvalue weighted by molar-refractivity contribution is 7.89. The molecule has 5 nitrogen and oxygen atoms in total. The minimum absolute atomic E-state index is 0.00347. The summed E-state index contributed by atoms with van der Waals surface area (Å²) in [6.07, 6.45) is 1.37. The lowest BCUT2D eigenvalue weighted by molar-refractivity contribution is 0.260. The van der Waals surface area contributed by atoms with Crippen molar-refractivity contribution >= 4 is 27.3 Å². The lowest BCUT2D eigenvalue weighted by Crippen LogP contribution is -2.34. The van der Waals surface area contributed by atoms with Gasteiger partial charge in [-0.2, -0.15) is 4.31 Å². The van der Waals surface area contributed by atoms with Gasteiger partial charge in [0.2, 0.25) is 10.0 Å². The van der Waals surface area contributed by atoms with Crippen LogP contribution in [0, 0.1) is 5.82 Å². The molecule has 0 unspecified atom stereocenters. The van der Waals surface area contributed by atoms with Crippen molar-refractivity contribution in [3.63, 3.8) is 0 Å². The van der Waals surface area contributed by atoms with Crippen molar-refractivity contribution in [3.8, 4) is 0 Å². The van der Waals surface area contributed by atoms with Crippen molar-refractivity contribution in [2.24, 2.45) is 0 Å². The highest BCUT2D eigenvalue weighted by Gasteiger charge is 2.26. The number of hydrogen-bond acceptors (Lipinski definition) is 4. The Kier molecular flexibility index (Phi) is 5.30. The summed E-state index contributed by atoms with van der Waals surface area (Å²) in [5, 5.41) is 8.62. The molecule has 0 fully saturated rings. The Morgan fingerprint density at radius 3 is 2.68 bits per heavy atom. The zero-order valence-electron chi connectivity index (χ0n) is 10.0. The maximum atomic E-state index is 13.2. The number of halogens is 2. The average Bonchev–Trinajstić information content (AvgIpc) is 2.33. The number of nitrogens with two attached hydrogens (primary N) is 1. The van der Waals surface area contributed by atoms with Gasteiger partial charge in [-0.05, 0) is 12.1 Å². The minimum Gasteiger partial charge on any atom is -0.396 e. The van der Waals surface area contributed by atoms with Crippen LogP contribution in [0.3, 0.4) is 0 Å². The first kappa shape index (κ1) is 15.9. The molecule has 19 heavy (non-hydrogen) atoms. The Bertz CT molecular complexity index is 578. The van der Waals surface area contributed by atoms with Crippen LogP contribution in [0.4, 0.5) is 10.1 Å². The molecule has 106 valence electrons. The summed E-state index contributed by atoms with van der Waals surface area (Å²) in [4.78, 5) is -0.302. The number of anilines is 1. The molecule has 0 aliphatic carbocycles. The number of sulfonamides is 1. The molecule has 0 aliphatic rings. The van der Waals surface area contributed by atoms with E-state index in [1.807, 2.05) is 0 Å². The molecule has 0 amide bonds. The first-order chi connectivity index (χ1) is 8.84. The summed E-state index contributed by atoms with van der Waals surface area (Å²) < 4.78 is 38.7. The molecule has 0 saturated heterocycles. The van der Waals surface area contributed by atoms with Crippen LogP contribution < -0.4 is 5.73 Å². The highest BCUT2D eigenvalue weighted by atomic mass is 35.5. The third-order valence-electron chi connectivity index (χ3n) is 2.35. The lowest BCUT2D eigenvalue weighted by Gasteiger charge is -2.20. The van der Waals surface area contributed by atoms with E-state index in [0.29, 0.717) is 0 Å². The maximum Gasteiger partial charge on any atom is 0.244 e. The first-order valence-corrected chi connectivity index (χ1v) is 7.12. The van der Waals surface area contributed by atoms with E-state index in [0.717, 1.165) is 16.4 Å². The average molecular weight is 309 g/mol. The topological polar surface area (TPSA) is 83.6 Å². The smallest absolute Gasteiger partial charge is 0.244 e. The van der Waals surface area contributed by atoms with E-state index in [-0.39, 0.29) is 35.3 Å². The van der Waals surface area contributed by atoms with Crippen LogP contribution in [0.1, 0.15) is 0 Å². The van der Waals surface area contributed by atoms with Crippen molar-refractivity contribution in [3.05, 3.63) is 35.6 Å². The fourth-order valence-electron chi connectivity index (χ4n) is 1.45. The van der Waals surface area contributed by atoms with E-state index in [1.54, 1.807) is 0 Å². The Labute approximate surface area is 116 Å². The number of aliphatic hydroxyl groups excluding tert-OH is 1. The number of nitrogen functional groups attached to an aromatic ring is 1. The summed E-state index contributed by atoms with van der Waals surface area (Å²) in [6.45, 7) is 2.95. The molecule has 0 spiro atoms. The van der Waals surface area contributed by atoms with Crippen molar-refractivity contribution in [2.75, 3.05) is 25.4 Å². The van der Waals surface area contributed by atoms with Crippen molar-refractivity contribution < 1.29 is 17.9 Å². The maximum absolute atomic E-state index is 13.2. The monoisotopic (exact) mass is 308 g/mol. The predicted molar refractivity (Wildman–Crippen MR) is 71.9 cm³/mol. The second-order valence-corrected chi connectivity index (χ2v) is 5.99. The normalized spacial score (nSPS) is 11.8. The molecule has 0 saturated carbocycles. The zero-order chi connectivity index (χ0) is 14.6. The van der Waals surface area contributed by atoms with Gasteiger partial charge in [0.15, 0.2) is 0 Å². The van der Waals surface area contributed by atoms with Crippen LogP contribution in [-0.4, -0.2) is 37.5 Å². The second-order valence-electron chi connectivity index (χ2n) is 3.68. The summed E-state index contributed by atoms with van der Waals surface area (Å²) in [5.41, 5.74) is 5.03. The van der Waals surface area contributed by atoms with E-state index >= 15 is 0 Å². The van der Waals surface area contributed by atoms with E-state index in [2.05, 4.69) is 6.58 Å². The molecule has 0 atom stereocenters. The third kappa shape index (κ3) is 3.44. The summed E-state index contributed by atoms with van der Waals surface area (Å²) >= 11 is 5.74. The van der Waals surface area contributed by atoms with Crippen LogP contribution in [0.25, 0.3) is 0 Å². The van der Waals surface area contributed by atoms with Gasteiger partial charge in [-0.15, -0.1) is 6.58 Å². The fraction of sp³-hybridized carbons (Fsp3) is 0.273. The van der Waals surface area contributed by atoms with Gasteiger partial charge >= 0.3 is 0 Å². The van der Waals surface area contributed by atoms with Crippen LogP contribution in [0.2, 0.25) is 5.02 Å². The van der Waals surface area contributed by atoms with Crippen molar-refractivity contribution in [1.29, 1.82) is 0 Å². The van der Waals surface area contributed by atoms with E-state index in [4.69, 9.17) is 22.4 Å². The number of nitrogens with zero attached hydrogens (tertiary/aromatic N) is 1. The Morgan fingerprint density at radius 1 is 1.53 bits per heavy atom. The molecule has 0 aliphatic heterocycles. The van der Waals surface area contributed by atoms with Gasteiger partial charge in [-0.1, -0.05) is 17.7 Å². The van der Waals surface area contributed by atoms with Crippen LogP contribution in [0.15, 0.2) is 29.7 Å². The van der Waals surface area contributed by atoms with E-state index < -0.39 is 15.8 Å². The van der Waals surface area contributed by atoms with Gasteiger partial charge in [-0.3, -0.25) is 0 Å². The zero-order valence-corrected chi connectivity index (χ0v) is 11.6. The van der Waals surface area contributed by atoms with E-state index in [9.17, 15) is 12.8 Å². The Morgan fingerprint density at radius 2 is 2.16 bits per heavy atom. The standard InChI is InChI=1S/C11H14ClFN2O3S/c1-2-3-15(4-5-16)19(17,18)11-7-10(14)9(13)6-8(11)12/h2,6-7,16H,1,3-5,14H2. The molecule has 0 bridgehead atoms. The quantitative estimate of drug-likeness (QED) is 0.611. The molecule has 0 heterocycles. The lowest BCUT2D eigenvalue weighted by atomic mass is 10.3. The van der Waals surface area contributed by atoms with Gasteiger partial charge in [0.25, 0.3) is 0 Å². The molecule has 3 N–H and O–H groups in total. The summed E-state index contributed by atoms with van der Waals surface area (Å²) in [7, 11) is -3.97. The molecule has 0 radical (unpaired) electrons. The van der Waals surface area contributed by atoms with Gasteiger partial charge in [0.1, 0.15) is 10.7 Å². The van der Waals surface area contributed by atoms with Crippen LogP contribution in [-0.2, 0) is 10.0 Å². The number of benzene rings is 1. The minimum atomic E-state index is -3.97. The number of rotatable bonds is 6. The number of hydrogen-bond donors (Lipinski definition) is 2. The predicted octanol–water partition coefficient (Wildman–Crippen LogP) is 1.23. The molecule has 8 heteroatoms. The molecule has 0 aromatic heterocycles.